The minimum atomic E-state index is -0.231. The Kier molecular flexibility index (Phi) is 5.48. The molecule has 0 unspecified atom stereocenters. The molecule has 2 N–H and O–H groups in total. The van der Waals surface area contributed by atoms with Gasteiger partial charge in [0, 0.05) is 40.0 Å². The molecule has 6 heteroatoms. The van der Waals surface area contributed by atoms with Crippen molar-refractivity contribution in [2.24, 2.45) is 5.92 Å². The SMILES string of the molecule is O=C(CC1CCCC1)Nc1ccc(NC(=O)n2cc3ccc(Br)cc3c2)cc1. The fraction of sp³-hybridized carbons (Fsp3) is 0.273. The van der Waals surface area contributed by atoms with Crippen LogP contribution in [0.2, 0.25) is 0 Å². The Balaban J connectivity index is 1.36. The number of nitrogens with one attached hydrogen (secondary N) is 2. The second kappa shape index (κ2) is 8.19. The highest BCUT2D eigenvalue weighted by Gasteiger charge is 2.18. The molecule has 0 radical (unpaired) electrons. The molecule has 28 heavy (non-hydrogen) atoms. The molecule has 2 amide bonds. The third-order valence-corrected chi connectivity index (χ3v) is 5.70. The van der Waals surface area contributed by atoms with Gasteiger partial charge in [0.05, 0.1) is 0 Å². The lowest BCUT2D eigenvalue weighted by Crippen LogP contribution is -2.18. The molecule has 1 aromatic heterocycles. The number of halogens is 1. The van der Waals surface area contributed by atoms with Gasteiger partial charge in [-0.05, 0) is 60.5 Å². The first-order valence-electron chi connectivity index (χ1n) is 9.55. The molecule has 1 saturated carbocycles. The third-order valence-electron chi connectivity index (χ3n) is 5.21. The molecule has 0 bridgehead atoms. The average molecular weight is 440 g/mol. The van der Waals surface area contributed by atoms with Crippen LogP contribution in [0, 0.1) is 5.92 Å². The van der Waals surface area contributed by atoms with E-state index in [9.17, 15) is 9.59 Å². The highest BCUT2D eigenvalue weighted by Crippen LogP contribution is 2.28. The van der Waals surface area contributed by atoms with E-state index in [1.807, 2.05) is 30.3 Å². The number of amides is 2. The Hall–Kier alpha value is -2.60. The highest BCUT2D eigenvalue weighted by atomic mass is 79.9. The zero-order valence-corrected chi connectivity index (χ0v) is 17.0. The van der Waals surface area contributed by atoms with Crippen LogP contribution in [0.3, 0.4) is 0 Å². The molecule has 0 aliphatic heterocycles. The number of carbonyl (C=O) groups is 2. The van der Waals surface area contributed by atoms with Crippen molar-refractivity contribution in [3.05, 3.63) is 59.3 Å². The minimum absolute atomic E-state index is 0.0638. The van der Waals surface area contributed by atoms with E-state index in [-0.39, 0.29) is 11.9 Å². The van der Waals surface area contributed by atoms with Crippen molar-refractivity contribution in [2.45, 2.75) is 32.1 Å². The van der Waals surface area contributed by atoms with Crippen molar-refractivity contribution in [1.82, 2.24) is 4.57 Å². The van der Waals surface area contributed by atoms with Crippen molar-refractivity contribution >= 4 is 50.0 Å². The number of fused-ring (bicyclic) bond motifs is 1. The van der Waals surface area contributed by atoms with Crippen LogP contribution >= 0.6 is 15.9 Å². The average Bonchev–Trinajstić information content (AvgIpc) is 3.32. The maximum atomic E-state index is 12.5. The number of nitrogens with zero attached hydrogens (tertiary/aromatic N) is 1. The largest absolute Gasteiger partial charge is 0.329 e. The number of hydrogen-bond donors (Lipinski definition) is 2. The van der Waals surface area contributed by atoms with Gasteiger partial charge in [0.1, 0.15) is 0 Å². The number of benzene rings is 2. The molecular formula is C22H22BrN3O2. The normalized spacial score (nSPS) is 14.3. The predicted molar refractivity (Wildman–Crippen MR) is 116 cm³/mol. The van der Waals surface area contributed by atoms with Crippen LogP contribution in [0.4, 0.5) is 16.2 Å². The van der Waals surface area contributed by atoms with Crippen LogP contribution in [0.15, 0.2) is 59.3 Å². The summed E-state index contributed by atoms with van der Waals surface area (Å²) in [5, 5.41) is 7.80. The first-order valence-corrected chi connectivity index (χ1v) is 10.3. The molecule has 3 aromatic rings. The summed E-state index contributed by atoms with van der Waals surface area (Å²) in [6.45, 7) is 0. The van der Waals surface area contributed by atoms with Gasteiger partial charge < -0.3 is 10.6 Å². The summed E-state index contributed by atoms with van der Waals surface area (Å²) in [4.78, 5) is 24.6. The lowest BCUT2D eigenvalue weighted by Gasteiger charge is -2.10. The van der Waals surface area contributed by atoms with Gasteiger partial charge >= 0.3 is 6.03 Å². The Morgan fingerprint density at radius 2 is 1.57 bits per heavy atom. The van der Waals surface area contributed by atoms with Crippen LogP contribution < -0.4 is 10.6 Å². The van der Waals surface area contributed by atoms with E-state index in [4.69, 9.17) is 0 Å². The van der Waals surface area contributed by atoms with E-state index in [1.54, 1.807) is 24.5 Å². The van der Waals surface area contributed by atoms with Crippen LogP contribution in [-0.4, -0.2) is 16.5 Å². The molecule has 0 atom stereocenters. The predicted octanol–water partition coefficient (Wildman–Crippen LogP) is 6.00. The van der Waals surface area contributed by atoms with Crippen molar-refractivity contribution in [1.29, 1.82) is 0 Å². The van der Waals surface area contributed by atoms with Crippen molar-refractivity contribution in [2.75, 3.05) is 10.6 Å². The van der Waals surface area contributed by atoms with Crippen LogP contribution in [0.5, 0.6) is 0 Å². The number of hydrogen-bond acceptors (Lipinski definition) is 2. The van der Waals surface area contributed by atoms with Gasteiger partial charge in [-0.1, -0.05) is 34.8 Å². The molecule has 4 rings (SSSR count). The standard InChI is InChI=1S/C22H22BrN3O2/c23-18-6-5-16-13-26(14-17(16)12-18)22(28)25-20-9-7-19(8-10-20)24-21(27)11-15-3-1-2-4-15/h5-10,12-15H,1-4,11H2,(H,24,27)(H,25,28). The Morgan fingerprint density at radius 1 is 0.929 bits per heavy atom. The first kappa shape index (κ1) is 18.7. The molecule has 5 nitrogen and oxygen atoms in total. The maximum Gasteiger partial charge on any atom is 0.329 e. The fourth-order valence-electron chi connectivity index (χ4n) is 3.74. The lowest BCUT2D eigenvalue weighted by atomic mass is 10.0. The Morgan fingerprint density at radius 3 is 2.29 bits per heavy atom. The Bertz CT molecular complexity index is 1000. The summed E-state index contributed by atoms with van der Waals surface area (Å²) in [6, 6.07) is 12.9. The molecule has 2 aromatic carbocycles. The van der Waals surface area contributed by atoms with E-state index in [0.29, 0.717) is 18.0 Å². The van der Waals surface area contributed by atoms with Gasteiger partial charge in [0.25, 0.3) is 0 Å². The van der Waals surface area contributed by atoms with E-state index in [1.165, 1.54) is 17.4 Å². The van der Waals surface area contributed by atoms with E-state index < -0.39 is 0 Å². The van der Waals surface area contributed by atoms with Crippen molar-refractivity contribution in [3.63, 3.8) is 0 Å². The smallest absolute Gasteiger partial charge is 0.326 e. The molecule has 0 saturated heterocycles. The van der Waals surface area contributed by atoms with Crippen LogP contribution in [0.1, 0.15) is 32.1 Å². The number of carbonyl (C=O) groups excluding carboxylic acids is 2. The van der Waals surface area contributed by atoms with Gasteiger partial charge in [-0.25, -0.2) is 4.79 Å². The first-order chi connectivity index (χ1) is 13.6. The molecule has 1 aliphatic rings. The second-order valence-corrected chi connectivity index (χ2v) is 8.26. The molecule has 1 fully saturated rings. The number of rotatable bonds is 4. The lowest BCUT2D eigenvalue weighted by molar-refractivity contribution is -0.117. The number of aromatic nitrogens is 1. The van der Waals surface area contributed by atoms with E-state index in [2.05, 4.69) is 26.6 Å². The summed E-state index contributed by atoms with van der Waals surface area (Å²) in [7, 11) is 0. The third kappa shape index (κ3) is 4.44. The summed E-state index contributed by atoms with van der Waals surface area (Å²) >= 11 is 3.44. The van der Waals surface area contributed by atoms with Gasteiger partial charge in [0.2, 0.25) is 5.91 Å². The van der Waals surface area contributed by atoms with Crippen molar-refractivity contribution < 1.29 is 9.59 Å². The summed E-state index contributed by atoms with van der Waals surface area (Å²) in [5.41, 5.74) is 1.43. The van der Waals surface area contributed by atoms with Gasteiger partial charge in [-0.15, -0.1) is 0 Å². The van der Waals surface area contributed by atoms with Gasteiger partial charge in [-0.3, -0.25) is 9.36 Å². The monoisotopic (exact) mass is 439 g/mol. The highest BCUT2D eigenvalue weighted by molar-refractivity contribution is 9.10. The summed E-state index contributed by atoms with van der Waals surface area (Å²) in [6.07, 6.45) is 8.98. The van der Waals surface area contributed by atoms with Crippen molar-refractivity contribution in [3.8, 4) is 0 Å². The molecule has 144 valence electrons. The summed E-state index contributed by atoms with van der Waals surface area (Å²) < 4.78 is 2.51. The number of anilines is 2. The zero-order valence-electron chi connectivity index (χ0n) is 15.5. The zero-order chi connectivity index (χ0) is 19.5. The van der Waals surface area contributed by atoms with E-state index in [0.717, 1.165) is 33.8 Å². The minimum Gasteiger partial charge on any atom is -0.326 e. The molecule has 1 heterocycles. The van der Waals surface area contributed by atoms with Gasteiger partial charge in [-0.2, -0.15) is 0 Å². The van der Waals surface area contributed by atoms with Crippen LogP contribution in [-0.2, 0) is 4.79 Å². The van der Waals surface area contributed by atoms with E-state index >= 15 is 0 Å². The summed E-state index contributed by atoms with van der Waals surface area (Å²) in [5.74, 6) is 0.588. The topological polar surface area (TPSA) is 63.1 Å². The maximum absolute atomic E-state index is 12.5. The quantitative estimate of drug-likeness (QED) is 0.523. The molecular weight excluding hydrogens is 418 g/mol. The van der Waals surface area contributed by atoms with Crippen LogP contribution in [0.25, 0.3) is 10.8 Å². The second-order valence-electron chi connectivity index (χ2n) is 7.35. The fourth-order valence-corrected chi connectivity index (χ4v) is 4.12. The van der Waals surface area contributed by atoms with Gasteiger partial charge in [0.15, 0.2) is 0 Å². The molecule has 0 spiro atoms. The Labute approximate surface area is 172 Å². The molecule has 1 aliphatic carbocycles.